The standard InChI is InChI=1S/C38H47F3N4O5/c1-49-23-27-19-45(21-33(27)31-12-7-28(38(39,40)41)17-35(31)43-15-13-26(14-16-43)37(47)48)36(46)34-22-44(29-8-3-24(18-42)4-9-29)20-32(34)25-5-10-30(50-2)11-6-25/h5-7,10-12,17,24,26-27,29,32-34H,3-4,8-9,13-16,19-23H2,1-2H3,(H,47,48)/t24?,27-,29?,32+,33+,34-/m1/s1. The first-order valence-electron chi connectivity index (χ1n) is 17.7. The van der Waals surface area contributed by atoms with E-state index in [0.29, 0.717) is 63.9 Å². The number of halogens is 3. The minimum absolute atomic E-state index is 0.0402. The Hall–Kier alpha value is -3.82. The van der Waals surface area contributed by atoms with Crippen molar-refractivity contribution in [1.29, 1.82) is 5.26 Å². The molecule has 0 spiro atoms. The molecule has 4 fully saturated rings. The minimum Gasteiger partial charge on any atom is -0.497 e. The second kappa shape index (κ2) is 15.2. The number of nitrogens with zero attached hydrogens (tertiary/aromatic N) is 4. The van der Waals surface area contributed by atoms with Crippen LogP contribution in [-0.4, -0.2) is 92.9 Å². The summed E-state index contributed by atoms with van der Waals surface area (Å²) in [5.41, 5.74) is 1.51. The number of rotatable bonds is 9. The van der Waals surface area contributed by atoms with Crippen LogP contribution in [0.2, 0.25) is 0 Å². The predicted molar refractivity (Wildman–Crippen MR) is 181 cm³/mol. The van der Waals surface area contributed by atoms with Gasteiger partial charge >= 0.3 is 12.1 Å². The fourth-order valence-corrected chi connectivity index (χ4v) is 8.84. The third kappa shape index (κ3) is 7.59. The number of piperidine rings is 1. The van der Waals surface area contributed by atoms with Crippen LogP contribution in [0.3, 0.4) is 0 Å². The molecule has 2 aromatic rings. The molecule has 0 bridgehead atoms. The molecule has 0 aromatic heterocycles. The van der Waals surface area contributed by atoms with Gasteiger partial charge in [-0.25, -0.2) is 0 Å². The van der Waals surface area contributed by atoms with Gasteiger partial charge in [-0.15, -0.1) is 0 Å². The maximum atomic E-state index is 14.7. The molecule has 270 valence electrons. The van der Waals surface area contributed by atoms with E-state index in [9.17, 15) is 33.1 Å². The van der Waals surface area contributed by atoms with Gasteiger partial charge in [-0.3, -0.25) is 14.5 Å². The van der Waals surface area contributed by atoms with Crippen molar-refractivity contribution in [1.82, 2.24) is 9.80 Å². The van der Waals surface area contributed by atoms with Crippen LogP contribution in [-0.2, 0) is 20.5 Å². The Morgan fingerprint density at radius 1 is 0.920 bits per heavy atom. The van der Waals surface area contributed by atoms with E-state index in [1.54, 1.807) is 20.3 Å². The van der Waals surface area contributed by atoms with Crippen LogP contribution < -0.4 is 9.64 Å². The zero-order valence-electron chi connectivity index (χ0n) is 28.8. The summed E-state index contributed by atoms with van der Waals surface area (Å²) < 4.78 is 52.9. The number of hydrogen-bond acceptors (Lipinski definition) is 7. The SMILES string of the molecule is COC[C@H]1CN(C(=O)[C@@H]2CN(C3CCC(C#N)CC3)C[C@H]2c2ccc(OC)cc2)C[C@@H]1c1ccc(C(F)(F)F)cc1N1CCC(C(=O)O)CC1. The van der Waals surface area contributed by atoms with Gasteiger partial charge in [-0.05, 0) is 73.9 Å². The van der Waals surface area contributed by atoms with Crippen molar-refractivity contribution in [2.75, 3.05) is 65.0 Å². The second-order valence-corrected chi connectivity index (χ2v) is 14.5. The Labute approximate surface area is 291 Å². The highest BCUT2D eigenvalue weighted by atomic mass is 19.4. The largest absolute Gasteiger partial charge is 0.497 e. The average Bonchev–Trinajstić information content (AvgIpc) is 3.76. The zero-order chi connectivity index (χ0) is 35.6. The highest BCUT2D eigenvalue weighted by Crippen LogP contribution is 2.44. The third-order valence-corrected chi connectivity index (χ3v) is 11.7. The number of nitriles is 1. The number of hydrogen-bond donors (Lipinski definition) is 1. The Morgan fingerprint density at radius 2 is 1.62 bits per heavy atom. The van der Waals surface area contributed by atoms with E-state index in [-0.39, 0.29) is 35.5 Å². The number of likely N-dealkylation sites (tertiary alicyclic amines) is 2. The van der Waals surface area contributed by atoms with Crippen molar-refractivity contribution in [3.8, 4) is 11.8 Å². The Kier molecular flexibility index (Phi) is 10.9. The summed E-state index contributed by atoms with van der Waals surface area (Å²) >= 11 is 0. The summed E-state index contributed by atoms with van der Waals surface area (Å²) in [4.78, 5) is 32.5. The summed E-state index contributed by atoms with van der Waals surface area (Å²) in [6, 6.07) is 14.5. The molecule has 4 atom stereocenters. The molecular weight excluding hydrogens is 649 g/mol. The molecule has 4 aliphatic rings. The van der Waals surface area contributed by atoms with Gasteiger partial charge in [0.05, 0.1) is 37.2 Å². The van der Waals surface area contributed by atoms with Crippen molar-refractivity contribution < 1.29 is 37.3 Å². The maximum Gasteiger partial charge on any atom is 0.416 e. The van der Waals surface area contributed by atoms with E-state index in [0.717, 1.165) is 55.2 Å². The van der Waals surface area contributed by atoms with Gasteiger partial charge in [-0.2, -0.15) is 18.4 Å². The summed E-state index contributed by atoms with van der Waals surface area (Å²) in [6.07, 6.45) is -0.253. The molecule has 3 aliphatic heterocycles. The molecule has 1 aliphatic carbocycles. The van der Waals surface area contributed by atoms with Crippen LogP contribution in [0, 0.1) is 35.0 Å². The third-order valence-electron chi connectivity index (χ3n) is 11.7. The molecule has 1 N–H and O–H groups in total. The van der Waals surface area contributed by atoms with E-state index in [1.807, 2.05) is 34.1 Å². The zero-order valence-corrected chi connectivity index (χ0v) is 28.8. The lowest BCUT2D eigenvalue weighted by Crippen LogP contribution is -2.40. The van der Waals surface area contributed by atoms with Crippen molar-refractivity contribution in [2.24, 2.45) is 23.7 Å². The molecule has 50 heavy (non-hydrogen) atoms. The van der Waals surface area contributed by atoms with Gasteiger partial charge < -0.3 is 24.4 Å². The van der Waals surface area contributed by atoms with Crippen molar-refractivity contribution in [3.05, 3.63) is 59.2 Å². The van der Waals surface area contributed by atoms with Gasteiger partial charge in [-0.1, -0.05) is 18.2 Å². The lowest BCUT2D eigenvalue weighted by atomic mass is 9.86. The van der Waals surface area contributed by atoms with Crippen molar-refractivity contribution in [3.63, 3.8) is 0 Å². The van der Waals surface area contributed by atoms with Crippen LogP contribution >= 0.6 is 0 Å². The molecule has 2 aromatic carbocycles. The van der Waals surface area contributed by atoms with Crippen molar-refractivity contribution >= 4 is 17.6 Å². The molecule has 3 heterocycles. The number of carboxylic acid groups (broad SMARTS) is 1. The van der Waals surface area contributed by atoms with Crippen LogP contribution in [0.5, 0.6) is 5.75 Å². The highest BCUT2D eigenvalue weighted by molar-refractivity contribution is 5.81. The number of alkyl halides is 3. The fraction of sp³-hybridized carbons (Fsp3) is 0.605. The molecule has 9 nitrogen and oxygen atoms in total. The quantitative estimate of drug-likeness (QED) is 0.341. The van der Waals surface area contributed by atoms with Crippen LogP contribution in [0.1, 0.15) is 67.1 Å². The number of aliphatic carboxylic acids is 1. The van der Waals surface area contributed by atoms with Gasteiger partial charge in [0.2, 0.25) is 5.91 Å². The summed E-state index contributed by atoms with van der Waals surface area (Å²) in [5, 5.41) is 19.0. The first-order valence-corrected chi connectivity index (χ1v) is 17.7. The average molecular weight is 697 g/mol. The van der Waals surface area contributed by atoms with Gasteiger partial charge in [0.1, 0.15) is 5.75 Å². The van der Waals surface area contributed by atoms with Crippen LogP contribution in [0.25, 0.3) is 0 Å². The number of amides is 1. The monoisotopic (exact) mass is 696 g/mol. The van der Waals surface area contributed by atoms with E-state index in [4.69, 9.17) is 9.47 Å². The molecule has 1 amide bonds. The first-order chi connectivity index (χ1) is 24.0. The van der Waals surface area contributed by atoms with Gasteiger partial charge in [0.25, 0.3) is 0 Å². The van der Waals surface area contributed by atoms with E-state index in [1.165, 1.54) is 6.07 Å². The predicted octanol–water partition coefficient (Wildman–Crippen LogP) is 6.00. The van der Waals surface area contributed by atoms with Crippen LogP contribution in [0.15, 0.2) is 42.5 Å². The fourth-order valence-electron chi connectivity index (χ4n) is 8.84. The smallest absolute Gasteiger partial charge is 0.416 e. The second-order valence-electron chi connectivity index (χ2n) is 14.5. The lowest BCUT2D eigenvalue weighted by Gasteiger charge is -2.35. The highest BCUT2D eigenvalue weighted by Gasteiger charge is 2.47. The summed E-state index contributed by atoms with van der Waals surface area (Å²) in [6.45, 7) is 3.15. The molecule has 3 saturated heterocycles. The first kappa shape index (κ1) is 36.0. The number of methoxy groups -OCH3 is 2. The maximum absolute atomic E-state index is 14.7. The van der Waals surface area contributed by atoms with E-state index < -0.39 is 23.6 Å². The number of carboxylic acids is 1. The Morgan fingerprint density at radius 3 is 2.22 bits per heavy atom. The molecule has 12 heteroatoms. The number of ether oxygens (including phenoxy) is 2. The number of carbonyl (C=O) groups excluding carboxylic acids is 1. The molecular formula is C38H47F3N4O5. The summed E-state index contributed by atoms with van der Waals surface area (Å²) in [5.74, 6) is -1.27. The molecule has 0 radical (unpaired) electrons. The number of anilines is 1. The molecule has 6 rings (SSSR count). The lowest BCUT2D eigenvalue weighted by molar-refractivity contribution is -0.142. The van der Waals surface area contributed by atoms with E-state index in [2.05, 4.69) is 11.0 Å². The minimum atomic E-state index is -4.53. The van der Waals surface area contributed by atoms with Crippen LogP contribution in [0.4, 0.5) is 18.9 Å². The van der Waals surface area contributed by atoms with Gasteiger partial charge in [0, 0.05) is 81.8 Å². The van der Waals surface area contributed by atoms with Crippen molar-refractivity contribution in [2.45, 2.75) is 62.6 Å². The number of benzene rings is 2. The molecule has 1 saturated carbocycles. The summed E-state index contributed by atoms with van der Waals surface area (Å²) in [7, 11) is 3.22. The van der Waals surface area contributed by atoms with Gasteiger partial charge in [0.15, 0.2) is 0 Å². The molecule has 0 unspecified atom stereocenters. The topological polar surface area (TPSA) is 106 Å². The normalized spacial score (nSPS) is 28.1. The van der Waals surface area contributed by atoms with E-state index >= 15 is 0 Å². The number of carbonyl (C=O) groups is 2. The Bertz CT molecular complexity index is 1550. The Balaban J connectivity index is 1.28.